The summed E-state index contributed by atoms with van der Waals surface area (Å²) < 4.78 is 0. The van der Waals surface area contributed by atoms with E-state index in [1.54, 1.807) is 16.7 Å². The van der Waals surface area contributed by atoms with E-state index >= 15 is 0 Å². The van der Waals surface area contributed by atoms with Crippen LogP contribution in [-0.2, 0) is 0 Å². The molecule has 1 heterocycles. The second-order valence-corrected chi connectivity index (χ2v) is 13.8. The Morgan fingerprint density at radius 1 is 1.06 bits per heavy atom. The van der Waals surface area contributed by atoms with Gasteiger partial charge in [-0.3, -0.25) is 0 Å². The van der Waals surface area contributed by atoms with E-state index in [4.69, 9.17) is 0 Å². The van der Waals surface area contributed by atoms with Crippen molar-refractivity contribution < 1.29 is 5.11 Å². The SMILES string of the molecule is C[C@H](CN1CCSCC1)[C@H]1CC=C2C3=C(CC[C@@]21C)[C@@]1(C)CC[C@H](O)C(C)(C)[C@@H]1CC3. The summed E-state index contributed by atoms with van der Waals surface area (Å²) >= 11 is 2.12. The summed E-state index contributed by atoms with van der Waals surface area (Å²) in [4.78, 5) is 2.73. The van der Waals surface area contributed by atoms with Crippen molar-refractivity contribution in [2.75, 3.05) is 31.1 Å². The zero-order valence-electron chi connectivity index (χ0n) is 20.7. The van der Waals surface area contributed by atoms with Crippen LogP contribution < -0.4 is 0 Å². The number of hydrogen-bond donors (Lipinski definition) is 1. The molecule has 3 heteroatoms. The van der Waals surface area contributed by atoms with Crippen LogP contribution >= 0.6 is 11.8 Å². The van der Waals surface area contributed by atoms with E-state index in [1.807, 2.05) is 0 Å². The lowest BCUT2D eigenvalue weighted by Crippen LogP contribution is -2.53. The van der Waals surface area contributed by atoms with Gasteiger partial charge in [0, 0.05) is 31.1 Å². The van der Waals surface area contributed by atoms with Gasteiger partial charge in [-0.2, -0.15) is 11.8 Å². The highest BCUT2D eigenvalue weighted by Gasteiger charge is 2.57. The molecule has 5 aliphatic rings. The number of nitrogens with zero attached hydrogens (tertiary/aromatic N) is 1. The maximum Gasteiger partial charge on any atom is 0.0594 e. The molecule has 2 nitrogen and oxygen atoms in total. The third kappa shape index (κ3) is 3.43. The summed E-state index contributed by atoms with van der Waals surface area (Å²) in [6.45, 7) is 16.3. The molecule has 0 aromatic heterocycles. The fourth-order valence-corrected chi connectivity index (χ4v) is 9.87. The van der Waals surface area contributed by atoms with E-state index in [2.05, 4.69) is 57.4 Å². The van der Waals surface area contributed by atoms with Crippen LogP contribution in [0.5, 0.6) is 0 Å². The van der Waals surface area contributed by atoms with Crippen molar-refractivity contribution in [2.24, 2.45) is 34.0 Å². The molecule has 174 valence electrons. The summed E-state index contributed by atoms with van der Waals surface area (Å²) in [6, 6.07) is 0. The molecule has 1 N–H and O–H groups in total. The van der Waals surface area contributed by atoms with E-state index in [1.165, 1.54) is 69.7 Å². The van der Waals surface area contributed by atoms with Crippen LogP contribution in [0.1, 0.15) is 79.6 Å². The Morgan fingerprint density at radius 2 is 1.81 bits per heavy atom. The molecule has 0 radical (unpaired) electrons. The number of fused-ring (bicyclic) bond motifs is 4. The molecule has 1 saturated carbocycles. The third-order valence-electron chi connectivity index (χ3n) is 10.8. The quantitative estimate of drug-likeness (QED) is 0.553. The topological polar surface area (TPSA) is 23.5 Å². The van der Waals surface area contributed by atoms with Crippen LogP contribution in [0.25, 0.3) is 0 Å². The van der Waals surface area contributed by atoms with Crippen molar-refractivity contribution >= 4 is 11.8 Å². The molecule has 31 heavy (non-hydrogen) atoms. The van der Waals surface area contributed by atoms with Crippen LogP contribution in [0, 0.1) is 34.0 Å². The first-order valence-electron chi connectivity index (χ1n) is 13.1. The molecule has 4 aliphatic carbocycles. The van der Waals surface area contributed by atoms with Crippen molar-refractivity contribution in [3.05, 3.63) is 22.8 Å². The first-order valence-corrected chi connectivity index (χ1v) is 14.2. The molecule has 0 aromatic rings. The normalized spacial score (nSPS) is 43.7. The van der Waals surface area contributed by atoms with Gasteiger partial charge in [0.2, 0.25) is 0 Å². The summed E-state index contributed by atoms with van der Waals surface area (Å²) in [5, 5.41) is 10.8. The number of aliphatic hydroxyl groups is 1. The fraction of sp³-hybridized carbons (Fsp3) is 0.857. The van der Waals surface area contributed by atoms with E-state index in [0.717, 1.165) is 18.3 Å². The van der Waals surface area contributed by atoms with Crippen LogP contribution in [-0.4, -0.2) is 47.3 Å². The van der Waals surface area contributed by atoms with Crippen molar-refractivity contribution in [2.45, 2.75) is 85.7 Å². The molecule has 0 bridgehead atoms. The lowest BCUT2D eigenvalue weighted by Gasteiger charge is -2.59. The van der Waals surface area contributed by atoms with E-state index in [-0.39, 0.29) is 11.5 Å². The highest BCUT2D eigenvalue weighted by atomic mass is 32.2. The zero-order chi connectivity index (χ0) is 22.0. The van der Waals surface area contributed by atoms with Crippen LogP contribution in [0.2, 0.25) is 0 Å². The third-order valence-corrected chi connectivity index (χ3v) is 11.7. The summed E-state index contributed by atoms with van der Waals surface area (Å²) in [5.74, 6) is 4.85. The highest BCUT2D eigenvalue weighted by Crippen LogP contribution is 2.66. The molecule has 1 saturated heterocycles. The smallest absolute Gasteiger partial charge is 0.0594 e. The average Bonchev–Trinajstić information content (AvgIpc) is 3.09. The number of allylic oxidation sites excluding steroid dienone is 4. The van der Waals surface area contributed by atoms with Gasteiger partial charge in [-0.25, -0.2) is 0 Å². The van der Waals surface area contributed by atoms with Gasteiger partial charge in [0.15, 0.2) is 0 Å². The van der Waals surface area contributed by atoms with Crippen LogP contribution in [0.4, 0.5) is 0 Å². The Balaban J connectivity index is 1.40. The summed E-state index contributed by atoms with van der Waals surface area (Å²) in [5.41, 5.74) is 6.05. The standard InChI is InChI=1S/C28H45NOS/c1-19(18-29-14-16-31-17-15-29)21-7-8-22-20-6-9-24-26(2,3)25(30)11-13-28(24,5)23(20)10-12-27(21,22)4/h8,19,21,24-25,30H,6-7,9-18H2,1-5H3/t19-,21-,24+,25+,27-,28-/m1/s1. The van der Waals surface area contributed by atoms with E-state index < -0.39 is 0 Å². The molecular weight excluding hydrogens is 398 g/mol. The minimum Gasteiger partial charge on any atom is -0.393 e. The molecule has 0 spiro atoms. The van der Waals surface area contributed by atoms with Crippen molar-refractivity contribution in [3.8, 4) is 0 Å². The summed E-state index contributed by atoms with van der Waals surface area (Å²) in [6.07, 6.45) is 11.1. The Hall–Kier alpha value is -0.250. The van der Waals surface area contributed by atoms with Crippen molar-refractivity contribution in [3.63, 3.8) is 0 Å². The van der Waals surface area contributed by atoms with Gasteiger partial charge in [-0.1, -0.05) is 46.3 Å². The maximum absolute atomic E-state index is 10.8. The summed E-state index contributed by atoms with van der Waals surface area (Å²) in [7, 11) is 0. The van der Waals surface area contributed by atoms with Gasteiger partial charge in [-0.05, 0) is 90.1 Å². The van der Waals surface area contributed by atoms with Crippen molar-refractivity contribution in [1.82, 2.24) is 4.90 Å². The Bertz CT molecular complexity index is 778. The molecule has 0 unspecified atom stereocenters. The number of aliphatic hydroxyl groups excluding tert-OH is 1. The predicted octanol–water partition coefficient (Wildman–Crippen LogP) is 6.31. The molecule has 6 atom stereocenters. The second-order valence-electron chi connectivity index (χ2n) is 12.6. The van der Waals surface area contributed by atoms with Crippen LogP contribution in [0.3, 0.4) is 0 Å². The second kappa shape index (κ2) is 7.91. The van der Waals surface area contributed by atoms with Gasteiger partial charge >= 0.3 is 0 Å². The van der Waals surface area contributed by atoms with Gasteiger partial charge in [0.25, 0.3) is 0 Å². The molecular formula is C28H45NOS. The van der Waals surface area contributed by atoms with Gasteiger partial charge in [0.05, 0.1) is 6.10 Å². The minimum absolute atomic E-state index is 0.0418. The van der Waals surface area contributed by atoms with Gasteiger partial charge in [0.1, 0.15) is 0 Å². The van der Waals surface area contributed by atoms with Crippen molar-refractivity contribution in [1.29, 1.82) is 0 Å². The monoisotopic (exact) mass is 443 g/mol. The number of thioether (sulfide) groups is 1. The zero-order valence-corrected chi connectivity index (χ0v) is 21.5. The largest absolute Gasteiger partial charge is 0.393 e. The molecule has 1 aliphatic heterocycles. The molecule has 0 aromatic carbocycles. The first-order chi connectivity index (χ1) is 14.7. The predicted molar refractivity (Wildman–Crippen MR) is 133 cm³/mol. The van der Waals surface area contributed by atoms with Gasteiger partial charge in [-0.15, -0.1) is 0 Å². The Labute approximate surface area is 195 Å². The number of hydrogen-bond acceptors (Lipinski definition) is 3. The fourth-order valence-electron chi connectivity index (χ4n) is 8.89. The van der Waals surface area contributed by atoms with Gasteiger partial charge < -0.3 is 10.0 Å². The highest BCUT2D eigenvalue weighted by molar-refractivity contribution is 7.99. The average molecular weight is 444 g/mol. The minimum atomic E-state index is -0.134. The first kappa shape index (κ1) is 22.5. The van der Waals surface area contributed by atoms with E-state index in [9.17, 15) is 5.11 Å². The maximum atomic E-state index is 10.8. The molecule has 5 rings (SSSR count). The molecule has 0 amide bonds. The Kier molecular flexibility index (Phi) is 5.75. The number of rotatable bonds is 3. The lowest BCUT2D eigenvalue weighted by molar-refractivity contribution is -0.0905. The Morgan fingerprint density at radius 3 is 2.55 bits per heavy atom. The molecule has 2 fully saturated rings. The lowest BCUT2D eigenvalue weighted by atomic mass is 9.46. The van der Waals surface area contributed by atoms with Crippen LogP contribution in [0.15, 0.2) is 22.8 Å². The van der Waals surface area contributed by atoms with E-state index in [0.29, 0.717) is 16.7 Å².